The molecular formula is C17H21N3O2. The van der Waals surface area contributed by atoms with Crippen LogP contribution in [0.15, 0.2) is 18.2 Å². The molecule has 0 bridgehead atoms. The maximum atomic E-state index is 12.5. The van der Waals surface area contributed by atoms with Gasteiger partial charge in [-0.05, 0) is 42.5 Å². The average molecular weight is 299 g/mol. The summed E-state index contributed by atoms with van der Waals surface area (Å²) in [6.45, 7) is 4.25. The summed E-state index contributed by atoms with van der Waals surface area (Å²) < 4.78 is 0. The van der Waals surface area contributed by atoms with E-state index in [4.69, 9.17) is 0 Å². The lowest BCUT2D eigenvalue weighted by Crippen LogP contribution is -2.40. The molecule has 5 nitrogen and oxygen atoms in total. The van der Waals surface area contributed by atoms with Crippen molar-refractivity contribution in [1.82, 2.24) is 10.2 Å². The zero-order chi connectivity index (χ0) is 15.3. The van der Waals surface area contributed by atoms with Crippen LogP contribution in [0, 0.1) is 5.92 Å². The van der Waals surface area contributed by atoms with Crippen LogP contribution in [-0.4, -0.2) is 41.9 Å². The van der Waals surface area contributed by atoms with Gasteiger partial charge in [0.1, 0.15) is 0 Å². The molecule has 2 fully saturated rings. The largest absolute Gasteiger partial charge is 0.348 e. The summed E-state index contributed by atoms with van der Waals surface area (Å²) in [5, 5.41) is 5.97. The molecule has 4 rings (SSSR count). The van der Waals surface area contributed by atoms with Gasteiger partial charge in [-0.25, -0.2) is 0 Å². The van der Waals surface area contributed by atoms with E-state index in [1.165, 1.54) is 12.8 Å². The van der Waals surface area contributed by atoms with Gasteiger partial charge in [-0.15, -0.1) is 0 Å². The maximum Gasteiger partial charge on any atom is 0.251 e. The van der Waals surface area contributed by atoms with E-state index in [9.17, 15) is 9.59 Å². The minimum atomic E-state index is -0.0309. The van der Waals surface area contributed by atoms with Crippen LogP contribution >= 0.6 is 0 Å². The van der Waals surface area contributed by atoms with Crippen LogP contribution < -0.4 is 10.6 Å². The molecule has 2 amide bonds. The van der Waals surface area contributed by atoms with Gasteiger partial charge in [0.2, 0.25) is 5.91 Å². The molecule has 3 aliphatic rings. The number of carbonyl (C=O) groups is 2. The summed E-state index contributed by atoms with van der Waals surface area (Å²) in [7, 11) is 0. The standard InChI is InChI=1S/C17H21N3O2/c1-10-8-20(13-3-4-13)9-15(10)19-17(22)11-2-5-14-12(6-11)7-16(21)18-14/h2,5-6,10,13,15H,3-4,7-9H2,1H3,(H,18,21)(H,19,22). The molecule has 1 saturated heterocycles. The predicted octanol–water partition coefficient (Wildman–Crippen LogP) is 1.39. The number of anilines is 1. The van der Waals surface area contributed by atoms with E-state index >= 15 is 0 Å². The van der Waals surface area contributed by atoms with Gasteiger partial charge in [-0.2, -0.15) is 0 Å². The van der Waals surface area contributed by atoms with Crippen molar-refractivity contribution >= 4 is 17.5 Å². The fourth-order valence-corrected chi connectivity index (χ4v) is 3.55. The smallest absolute Gasteiger partial charge is 0.251 e. The summed E-state index contributed by atoms with van der Waals surface area (Å²) in [6.07, 6.45) is 2.98. The topological polar surface area (TPSA) is 61.4 Å². The Morgan fingerprint density at radius 3 is 2.91 bits per heavy atom. The van der Waals surface area contributed by atoms with Crippen molar-refractivity contribution in [3.8, 4) is 0 Å². The van der Waals surface area contributed by atoms with Gasteiger partial charge in [0.05, 0.1) is 6.42 Å². The van der Waals surface area contributed by atoms with Gasteiger partial charge < -0.3 is 10.6 Å². The fourth-order valence-electron chi connectivity index (χ4n) is 3.55. The zero-order valence-electron chi connectivity index (χ0n) is 12.8. The molecular weight excluding hydrogens is 278 g/mol. The lowest BCUT2D eigenvalue weighted by molar-refractivity contribution is -0.115. The summed E-state index contributed by atoms with van der Waals surface area (Å²) in [6, 6.07) is 6.42. The number of nitrogens with one attached hydrogen (secondary N) is 2. The lowest BCUT2D eigenvalue weighted by Gasteiger charge is -2.17. The van der Waals surface area contributed by atoms with E-state index in [-0.39, 0.29) is 17.9 Å². The number of hydrogen-bond donors (Lipinski definition) is 2. The second-order valence-electron chi connectivity index (χ2n) is 6.84. The van der Waals surface area contributed by atoms with Crippen LogP contribution in [0.2, 0.25) is 0 Å². The molecule has 2 unspecified atom stereocenters. The number of benzene rings is 1. The molecule has 2 atom stereocenters. The number of nitrogens with zero attached hydrogens (tertiary/aromatic N) is 1. The number of carbonyl (C=O) groups excluding carboxylic acids is 2. The molecule has 1 aromatic carbocycles. The number of fused-ring (bicyclic) bond motifs is 1. The SMILES string of the molecule is CC1CN(C2CC2)CC1NC(=O)c1ccc2c(c1)CC(=O)N2. The highest BCUT2D eigenvalue weighted by atomic mass is 16.2. The first-order valence-electron chi connectivity index (χ1n) is 8.08. The third-order valence-electron chi connectivity index (χ3n) is 5.01. The fraction of sp³-hybridized carbons (Fsp3) is 0.529. The van der Waals surface area contributed by atoms with Gasteiger partial charge in [-0.3, -0.25) is 14.5 Å². The van der Waals surface area contributed by atoms with Crippen molar-refractivity contribution in [2.45, 2.75) is 38.3 Å². The van der Waals surface area contributed by atoms with E-state index < -0.39 is 0 Å². The van der Waals surface area contributed by atoms with Crippen molar-refractivity contribution in [1.29, 1.82) is 0 Å². The first-order valence-corrected chi connectivity index (χ1v) is 8.08. The summed E-state index contributed by atoms with van der Waals surface area (Å²) in [4.78, 5) is 26.4. The number of hydrogen-bond acceptors (Lipinski definition) is 3. The Bertz CT molecular complexity index is 639. The molecule has 1 saturated carbocycles. The van der Waals surface area contributed by atoms with E-state index in [2.05, 4.69) is 22.5 Å². The highest BCUT2D eigenvalue weighted by molar-refractivity contribution is 6.01. The monoisotopic (exact) mass is 299 g/mol. The van der Waals surface area contributed by atoms with Crippen molar-refractivity contribution in [2.24, 2.45) is 5.92 Å². The van der Waals surface area contributed by atoms with Crippen LogP contribution in [0.4, 0.5) is 5.69 Å². The van der Waals surface area contributed by atoms with Crippen LogP contribution in [0.1, 0.15) is 35.7 Å². The van der Waals surface area contributed by atoms with Crippen LogP contribution in [0.3, 0.4) is 0 Å². The Hall–Kier alpha value is -1.88. The van der Waals surface area contributed by atoms with E-state index in [1.54, 1.807) is 6.07 Å². The Morgan fingerprint density at radius 2 is 2.14 bits per heavy atom. The lowest BCUT2D eigenvalue weighted by atomic mass is 10.0. The van der Waals surface area contributed by atoms with Gasteiger partial charge in [0, 0.05) is 36.4 Å². The molecule has 1 aliphatic carbocycles. The van der Waals surface area contributed by atoms with Crippen molar-refractivity contribution < 1.29 is 9.59 Å². The molecule has 0 radical (unpaired) electrons. The highest BCUT2D eigenvalue weighted by Crippen LogP contribution is 2.32. The second-order valence-corrected chi connectivity index (χ2v) is 6.84. The van der Waals surface area contributed by atoms with Gasteiger partial charge in [0.25, 0.3) is 5.91 Å². The molecule has 0 spiro atoms. The van der Waals surface area contributed by atoms with E-state index in [0.29, 0.717) is 17.9 Å². The molecule has 2 aliphatic heterocycles. The summed E-state index contributed by atoms with van der Waals surface area (Å²) >= 11 is 0. The Balaban J connectivity index is 1.44. The molecule has 22 heavy (non-hydrogen) atoms. The predicted molar refractivity (Wildman–Crippen MR) is 83.8 cm³/mol. The van der Waals surface area contributed by atoms with Gasteiger partial charge in [0.15, 0.2) is 0 Å². The van der Waals surface area contributed by atoms with Crippen molar-refractivity contribution in [3.05, 3.63) is 29.3 Å². The van der Waals surface area contributed by atoms with Crippen LogP contribution in [0.25, 0.3) is 0 Å². The quantitative estimate of drug-likeness (QED) is 0.887. The second kappa shape index (κ2) is 5.09. The number of likely N-dealkylation sites (tertiary alicyclic amines) is 1. The molecule has 5 heteroatoms. The first kappa shape index (κ1) is 13.8. The van der Waals surface area contributed by atoms with Crippen molar-refractivity contribution in [2.75, 3.05) is 18.4 Å². The average Bonchev–Trinajstić information content (AvgIpc) is 3.17. The first-order chi connectivity index (χ1) is 10.6. The third-order valence-corrected chi connectivity index (χ3v) is 5.01. The normalized spacial score (nSPS) is 27.6. The van der Waals surface area contributed by atoms with Crippen molar-refractivity contribution in [3.63, 3.8) is 0 Å². The molecule has 116 valence electrons. The van der Waals surface area contributed by atoms with Gasteiger partial charge in [-0.1, -0.05) is 6.92 Å². The van der Waals surface area contributed by atoms with E-state index in [1.807, 2.05) is 12.1 Å². The van der Waals surface area contributed by atoms with Crippen LogP contribution in [-0.2, 0) is 11.2 Å². The molecule has 0 aromatic heterocycles. The van der Waals surface area contributed by atoms with Crippen LogP contribution in [0.5, 0.6) is 0 Å². The molecule has 1 aromatic rings. The Kier molecular flexibility index (Phi) is 3.18. The summed E-state index contributed by atoms with van der Waals surface area (Å²) in [5.74, 6) is 0.455. The van der Waals surface area contributed by atoms with Gasteiger partial charge >= 0.3 is 0 Å². The third kappa shape index (κ3) is 2.50. The highest BCUT2D eigenvalue weighted by Gasteiger charge is 2.38. The minimum Gasteiger partial charge on any atom is -0.348 e. The maximum absolute atomic E-state index is 12.5. The summed E-state index contributed by atoms with van der Waals surface area (Å²) in [5.41, 5.74) is 2.39. The molecule has 2 N–H and O–H groups in total. The molecule has 2 heterocycles. The zero-order valence-corrected chi connectivity index (χ0v) is 12.8. The Morgan fingerprint density at radius 1 is 1.32 bits per heavy atom. The number of amides is 2. The minimum absolute atomic E-state index is 0.00273. The Labute approximate surface area is 130 Å². The number of rotatable bonds is 3. The van der Waals surface area contributed by atoms with E-state index in [0.717, 1.165) is 30.4 Å².